The Labute approximate surface area is 113 Å². The first kappa shape index (κ1) is 12.0. The number of hydrogen-bond donors (Lipinski definition) is 0. The van der Waals surface area contributed by atoms with Gasteiger partial charge in [-0.15, -0.1) is 0 Å². The van der Waals surface area contributed by atoms with Gasteiger partial charge in [0.25, 0.3) is 0 Å². The molecule has 0 radical (unpaired) electrons. The third kappa shape index (κ3) is 2.14. The zero-order valence-electron chi connectivity index (χ0n) is 10.9. The molecule has 0 bridgehead atoms. The van der Waals surface area contributed by atoms with Crippen molar-refractivity contribution in [3.05, 3.63) is 71.6 Å². The van der Waals surface area contributed by atoms with Crippen molar-refractivity contribution in [1.82, 2.24) is 0 Å². The first-order chi connectivity index (χ1) is 9.27. The monoisotopic (exact) mass is 252 g/mol. The van der Waals surface area contributed by atoms with Crippen LogP contribution in [-0.4, -0.2) is 5.97 Å². The first-order valence-corrected chi connectivity index (χ1v) is 6.57. The van der Waals surface area contributed by atoms with Crippen molar-refractivity contribution in [3.8, 4) is 0 Å². The molecular formula is C17H16O2. The van der Waals surface area contributed by atoms with E-state index in [-0.39, 0.29) is 11.9 Å². The molecule has 0 aromatic heterocycles. The van der Waals surface area contributed by atoms with E-state index in [9.17, 15) is 4.79 Å². The van der Waals surface area contributed by atoms with Crippen molar-refractivity contribution in [2.24, 2.45) is 11.8 Å². The average molecular weight is 252 g/mol. The third-order valence-corrected chi connectivity index (χ3v) is 3.67. The molecule has 0 saturated carbocycles. The van der Waals surface area contributed by atoms with Gasteiger partial charge in [-0.25, -0.2) is 0 Å². The number of hydrogen-bond acceptors (Lipinski definition) is 2. The highest BCUT2D eigenvalue weighted by Crippen LogP contribution is 2.46. The fraction of sp³-hybridized carbons (Fsp3) is 0.235. The van der Waals surface area contributed by atoms with Crippen LogP contribution in [-0.2, 0) is 9.53 Å². The van der Waals surface area contributed by atoms with E-state index >= 15 is 0 Å². The normalized spacial score (nSPS) is 27.5. The Hall–Kier alpha value is -2.09. The third-order valence-electron chi connectivity index (χ3n) is 3.67. The van der Waals surface area contributed by atoms with Crippen molar-refractivity contribution >= 4 is 5.97 Å². The van der Waals surface area contributed by atoms with Crippen LogP contribution < -0.4 is 0 Å². The number of allylic oxidation sites excluding steroid dienone is 11. The second-order valence-electron chi connectivity index (χ2n) is 4.91. The first-order valence-electron chi connectivity index (χ1n) is 6.57. The summed E-state index contributed by atoms with van der Waals surface area (Å²) in [6, 6.07) is 0. The van der Waals surface area contributed by atoms with Gasteiger partial charge in [-0.05, 0) is 12.0 Å². The van der Waals surface area contributed by atoms with Crippen molar-refractivity contribution < 1.29 is 9.53 Å². The SMILES string of the molecule is CC(=O)OC1=C2CC=CC=C[C@H]2[C@H]2C=CC=CC=C12. The van der Waals surface area contributed by atoms with Crippen molar-refractivity contribution in [2.45, 2.75) is 13.3 Å². The van der Waals surface area contributed by atoms with Gasteiger partial charge in [0, 0.05) is 24.3 Å². The fourth-order valence-corrected chi connectivity index (χ4v) is 2.91. The molecule has 0 heterocycles. The summed E-state index contributed by atoms with van der Waals surface area (Å²) in [5, 5.41) is 0. The van der Waals surface area contributed by atoms with Crippen molar-refractivity contribution in [1.29, 1.82) is 0 Å². The smallest absolute Gasteiger partial charge is 0.308 e. The van der Waals surface area contributed by atoms with E-state index in [4.69, 9.17) is 4.74 Å². The van der Waals surface area contributed by atoms with Gasteiger partial charge in [0.15, 0.2) is 0 Å². The molecule has 0 unspecified atom stereocenters. The van der Waals surface area contributed by atoms with Gasteiger partial charge in [0.1, 0.15) is 5.76 Å². The summed E-state index contributed by atoms with van der Waals surface area (Å²) in [6.07, 6.45) is 19.6. The van der Waals surface area contributed by atoms with Crippen molar-refractivity contribution in [3.63, 3.8) is 0 Å². The van der Waals surface area contributed by atoms with Crippen LogP contribution in [0.3, 0.4) is 0 Å². The summed E-state index contributed by atoms with van der Waals surface area (Å²) in [6.45, 7) is 1.46. The number of carbonyl (C=O) groups excluding carboxylic acids is 1. The molecule has 0 N–H and O–H groups in total. The lowest BCUT2D eigenvalue weighted by Gasteiger charge is -2.14. The van der Waals surface area contributed by atoms with Crippen LogP contribution in [0.25, 0.3) is 0 Å². The Morgan fingerprint density at radius 3 is 2.74 bits per heavy atom. The van der Waals surface area contributed by atoms with Gasteiger partial charge in [0.2, 0.25) is 0 Å². The molecule has 2 heteroatoms. The number of fused-ring (bicyclic) bond motifs is 3. The number of carbonyl (C=O) groups is 1. The minimum absolute atomic E-state index is 0.253. The Balaban J connectivity index is 2.11. The van der Waals surface area contributed by atoms with Crippen LogP contribution in [0.2, 0.25) is 0 Å². The van der Waals surface area contributed by atoms with E-state index in [2.05, 4.69) is 42.5 Å². The highest BCUT2D eigenvalue weighted by atomic mass is 16.5. The van der Waals surface area contributed by atoms with Crippen LogP contribution in [0, 0.1) is 11.8 Å². The maximum atomic E-state index is 11.4. The molecule has 0 aliphatic heterocycles. The molecule has 0 amide bonds. The van der Waals surface area contributed by atoms with E-state index in [1.54, 1.807) is 0 Å². The molecule has 3 aliphatic rings. The largest absolute Gasteiger partial charge is 0.426 e. The lowest BCUT2D eigenvalue weighted by molar-refractivity contribution is -0.136. The molecular weight excluding hydrogens is 236 g/mol. The van der Waals surface area contributed by atoms with Gasteiger partial charge in [0.05, 0.1) is 0 Å². The Kier molecular flexibility index (Phi) is 3.08. The highest BCUT2D eigenvalue weighted by Gasteiger charge is 2.37. The summed E-state index contributed by atoms with van der Waals surface area (Å²) in [5.41, 5.74) is 2.32. The summed E-state index contributed by atoms with van der Waals surface area (Å²) >= 11 is 0. The summed E-state index contributed by atoms with van der Waals surface area (Å²) < 4.78 is 5.50. The second kappa shape index (κ2) is 4.88. The second-order valence-corrected chi connectivity index (χ2v) is 4.91. The maximum absolute atomic E-state index is 11.4. The topological polar surface area (TPSA) is 26.3 Å². The van der Waals surface area contributed by atoms with Gasteiger partial charge < -0.3 is 4.74 Å². The van der Waals surface area contributed by atoms with E-state index in [1.165, 1.54) is 12.5 Å². The molecule has 96 valence electrons. The van der Waals surface area contributed by atoms with Crippen LogP contribution in [0.5, 0.6) is 0 Å². The van der Waals surface area contributed by atoms with Crippen LogP contribution >= 0.6 is 0 Å². The van der Waals surface area contributed by atoms with Crippen molar-refractivity contribution in [2.75, 3.05) is 0 Å². The fourth-order valence-electron chi connectivity index (χ4n) is 2.91. The Morgan fingerprint density at radius 2 is 1.89 bits per heavy atom. The standard InChI is InChI=1S/C17H16O2/c1-12(18)19-17-15-10-6-2-4-8-13(15)14-9-5-3-7-11-16(14)17/h2-10,13-14H,11H2,1H3/t13-,14+/m1/s1. The van der Waals surface area contributed by atoms with E-state index in [1.807, 2.05) is 12.2 Å². The summed E-state index contributed by atoms with van der Waals surface area (Å²) in [4.78, 5) is 11.4. The lowest BCUT2D eigenvalue weighted by atomic mass is 9.88. The highest BCUT2D eigenvalue weighted by molar-refractivity contribution is 5.69. The minimum atomic E-state index is -0.253. The Bertz CT molecular complexity index is 582. The molecule has 0 aromatic carbocycles. The number of ether oxygens (including phenoxy) is 1. The Morgan fingerprint density at radius 1 is 1.11 bits per heavy atom. The van der Waals surface area contributed by atoms with Gasteiger partial charge in [-0.2, -0.15) is 0 Å². The molecule has 0 fully saturated rings. The average Bonchev–Trinajstić information content (AvgIpc) is 2.65. The molecule has 0 saturated heterocycles. The summed E-state index contributed by atoms with van der Waals surface area (Å²) in [7, 11) is 0. The van der Waals surface area contributed by atoms with E-state index in [0.717, 1.165) is 17.8 Å². The minimum Gasteiger partial charge on any atom is -0.426 e. The summed E-state index contributed by atoms with van der Waals surface area (Å²) in [5.74, 6) is 1.09. The molecule has 3 rings (SSSR count). The quantitative estimate of drug-likeness (QED) is 0.666. The van der Waals surface area contributed by atoms with Gasteiger partial charge in [-0.3, -0.25) is 4.79 Å². The van der Waals surface area contributed by atoms with E-state index in [0.29, 0.717) is 5.92 Å². The molecule has 2 nitrogen and oxygen atoms in total. The molecule has 3 aliphatic carbocycles. The predicted octanol–water partition coefficient (Wildman–Crippen LogP) is 3.62. The molecule has 0 aromatic rings. The molecule has 0 spiro atoms. The van der Waals surface area contributed by atoms with Crippen LogP contribution in [0.1, 0.15) is 13.3 Å². The zero-order valence-corrected chi connectivity index (χ0v) is 10.9. The molecule has 19 heavy (non-hydrogen) atoms. The number of esters is 1. The van der Waals surface area contributed by atoms with Gasteiger partial charge in [-0.1, -0.05) is 54.7 Å². The van der Waals surface area contributed by atoms with Crippen LogP contribution in [0.15, 0.2) is 71.6 Å². The predicted molar refractivity (Wildman–Crippen MR) is 75.0 cm³/mol. The van der Waals surface area contributed by atoms with Crippen LogP contribution in [0.4, 0.5) is 0 Å². The lowest BCUT2D eigenvalue weighted by Crippen LogP contribution is -2.07. The zero-order chi connectivity index (χ0) is 13.2. The maximum Gasteiger partial charge on any atom is 0.308 e. The van der Waals surface area contributed by atoms with E-state index < -0.39 is 0 Å². The number of rotatable bonds is 1. The van der Waals surface area contributed by atoms with Gasteiger partial charge >= 0.3 is 5.97 Å². The molecule has 2 atom stereocenters.